The Kier molecular flexibility index (Phi) is 3.47. The number of anilines is 1. The van der Waals surface area contributed by atoms with Gasteiger partial charge in [-0.3, -0.25) is 0 Å². The van der Waals surface area contributed by atoms with E-state index >= 15 is 0 Å². The van der Waals surface area contributed by atoms with Crippen molar-refractivity contribution in [3.8, 4) is 0 Å². The quantitative estimate of drug-likeness (QED) is 0.633. The van der Waals surface area contributed by atoms with Gasteiger partial charge in [0.2, 0.25) is 0 Å². The van der Waals surface area contributed by atoms with Crippen LogP contribution in [0.5, 0.6) is 0 Å². The Labute approximate surface area is 79.3 Å². The lowest BCUT2D eigenvalue weighted by Crippen LogP contribution is -2.42. The van der Waals surface area contributed by atoms with Crippen molar-refractivity contribution in [2.45, 2.75) is 13.0 Å². The maximum atomic E-state index is 9.42. The van der Waals surface area contributed by atoms with Gasteiger partial charge in [0.05, 0.1) is 6.17 Å². The summed E-state index contributed by atoms with van der Waals surface area (Å²) in [6.45, 7) is 1.79. The van der Waals surface area contributed by atoms with E-state index in [9.17, 15) is 9.59 Å². The molecular weight excluding hydrogens is 182 g/mol. The van der Waals surface area contributed by atoms with Crippen molar-refractivity contribution in [3.63, 3.8) is 0 Å². The van der Waals surface area contributed by atoms with Crippen LogP contribution in [0.2, 0.25) is 6.04 Å². The normalized spacial score (nSPS) is 11.3. The lowest BCUT2D eigenvalue weighted by atomic mass is 10.3. The molecule has 0 unspecified atom stereocenters. The molecule has 0 radical (unpaired) electrons. The van der Waals surface area contributed by atoms with Gasteiger partial charge in [-0.05, 0) is 18.2 Å². The molecule has 0 fully saturated rings. The fourth-order valence-corrected chi connectivity index (χ4v) is 1.66. The van der Waals surface area contributed by atoms with Crippen LogP contribution in [0.15, 0.2) is 30.3 Å². The zero-order valence-electron chi connectivity index (χ0n) is 7.70. The first-order chi connectivity index (χ1) is 6.14. The molecule has 1 rings (SSSR count). The van der Waals surface area contributed by atoms with Gasteiger partial charge in [0, 0.05) is 5.69 Å². The second-order valence-corrected chi connectivity index (χ2v) is 6.08. The van der Waals surface area contributed by atoms with Gasteiger partial charge in [0.1, 0.15) is 0 Å². The van der Waals surface area contributed by atoms with Crippen LogP contribution in [-0.2, 0) is 0 Å². The van der Waals surface area contributed by atoms with Crippen LogP contribution in [0.1, 0.15) is 6.92 Å². The minimum Gasteiger partial charge on any atom is -0.410 e. The van der Waals surface area contributed by atoms with Gasteiger partial charge in [-0.25, -0.2) is 0 Å². The molecule has 0 atom stereocenters. The Hall–Kier alpha value is -0.843. The number of para-hydroxylation sites is 1. The van der Waals surface area contributed by atoms with Gasteiger partial charge in [0.15, 0.2) is 0 Å². The van der Waals surface area contributed by atoms with E-state index in [2.05, 4.69) is 5.32 Å². The highest BCUT2D eigenvalue weighted by atomic mass is 28.4. The van der Waals surface area contributed by atoms with Crippen molar-refractivity contribution in [2.24, 2.45) is 0 Å². The van der Waals surface area contributed by atoms with Crippen LogP contribution < -0.4 is 5.32 Å². The minimum atomic E-state index is -2.97. The SMILES string of the molecule is CC[Si](O)(O)CNc1ccccc1. The summed E-state index contributed by atoms with van der Waals surface area (Å²) in [6.07, 6.45) is 0.285. The second-order valence-electron chi connectivity index (χ2n) is 3.06. The Balaban J connectivity index is 2.44. The van der Waals surface area contributed by atoms with Crippen LogP contribution in [0.3, 0.4) is 0 Å². The van der Waals surface area contributed by atoms with Gasteiger partial charge in [-0.15, -0.1) is 0 Å². The number of benzene rings is 1. The van der Waals surface area contributed by atoms with Crippen molar-refractivity contribution in [1.82, 2.24) is 0 Å². The molecule has 1 aromatic carbocycles. The molecule has 0 aliphatic carbocycles. The summed E-state index contributed by atoms with van der Waals surface area (Å²) >= 11 is 0. The summed E-state index contributed by atoms with van der Waals surface area (Å²) in [5.74, 6) is 0. The average Bonchev–Trinajstić information content (AvgIpc) is 2.17. The Morgan fingerprint density at radius 2 is 1.85 bits per heavy atom. The maximum absolute atomic E-state index is 9.42. The average molecular weight is 197 g/mol. The van der Waals surface area contributed by atoms with Gasteiger partial charge in [0.25, 0.3) is 0 Å². The van der Waals surface area contributed by atoms with E-state index in [1.807, 2.05) is 30.3 Å². The van der Waals surface area contributed by atoms with E-state index in [1.165, 1.54) is 0 Å². The molecule has 3 N–H and O–H groups in total. The highest BCUT2D eigenvalue weighted by Gasteiger charge is 2.25. The van der Waals surface area contributed by atoms with E-state index in [0.717, 1.165) is 5.69 Å². The van der Waals surface area contributed by atoms with Gasteiger partial charge in [-0.2, -0.15) is 0 Å². The molecule has 72 valence electrons. The predicted molar refractivity (Wildman–Crippen MR) is 55.6 cm³/mol. The molecule has 13 heavy (non-hydrogen) atoms. The standard InChI is InChI=1S/C9H15NO2Si/c1-2-13(11,12)8-10-9-6-4-3-5-7-9/h3-7,10-12H,2,8H2,1H3. The van der Waals surface area contributed by atoms with Gasteiger partial charge >= 0.3 is 8.56 Å². The minimum absolute atomic E-state index is 0.285. The zero-order valence-corrected chi connectivity index (χ0v) is 8.70. The van der Waals surface area contributed by atoms with Crippen molar-refractivity contribution in [1.29, 1.82) is 0 Å². The summed E-state index contributed by atoms with van der Waals surface area (Å²) in [7, 11) is -2.97. The molecular formula is C9H15NO2Si. The lowest BCUT2D eigenvalue weighted by molar-refractivity contribution is 0.365. The summed E-state index contributed by atoms with van der Waals surface area (Å²) in [5.41, 5.74) is 0.927. The van der Waals surface area contributed by atoms with Crippen LogP contribution in [-0.4, -0.2) is 24.3 Å². The van der Waals surface area contributed by atoms with Crippen molar-refractivity contribution >= 4 is 14.2 Å². The summed E-state index contributed by atoms with van der Waals surface area (Å²) < 4.78 is 0. The van der Waals surface area contributed by atoms with E-state index < -0.39 is 8.56 Å². The molecule has 0 bridgehead atoms. The first-order valence-electron chi connectivity index (χ1n) is 4.38. The van der Waals surface area contributed by atoms with Gasteiger partial charge in [-0.1, -0.05) is 25.1 Å². The van der Waals surface area contributed by atoms with E-state index in [4.69, 9.17) is 0 Å². The monoisotopic (exact) mass is 197 g/mol. The molecule has 0 saturated heterocycles. The third kappa shape index (κ3) is 3.58. The highest BCUT2D eigenvalue weighted by molar-refractivity contribution is 6.65. The highest BCUT2D eigenvalue weighted by Crippen LogP contribution is 2.07. The molecule has 0 aliphatic rings. The molecule has 0 amide bonds. The Morgan fingerprint density at radius 3 is 2.38 bits per heavy atom. The number of rotatable bonds is 4. The van der Waals surface area contributed by atoms with E-state index in [1.54, 1.807) is 6.92 Å². The number of hydrogen-bond acceptors (Lipinski definition) is 3. The summed E-state index contributed by atoms with van der Waals surface area (Å²) in [5, 5.41) is 3.00. The molecule has 0 aromatic heterocycles. The van der Waals surface area contributed by atoms with E-state index in [-0.39, 0.29) is 6.17 Å². The third-order valence-corrected chi connectivity index (χ3v) is 3.79. The van der Waals surface area contributed by atoms with Crippen LogP contribution in [0.25, 0.3) is 0 Å². The van der Waals surface area contributed by atoms with Crippen molar-refractivity contribution in [3.05, 3.63) is 30.3 Å². The molecule has 1 aromatic rings. The van der Waals surface area contributed by atoms with Crippen LogP contribution in [0, 0.1) is 0 Å². The van der Waals surface area contributed by atoms with Crippen molar-refractivity contribution < 1.29 is 9.59 Å². The Morgan fingerprint density at radius 1 is 1.23 bits per heavy atom. The summed E-state index contributed by atoms with van der Waals surface area (Å²) in [6, 6.07) is 10.00. The second kappa shape index (κ2) is 4.41. The molecule has 0 saturated carbocycles. The lowest BCUT2D eigenvalue weighted by Gasteiger charge is -2.16. The molecule has 4 heteroatoms. The number of nitrogens with one attached hydrogen (secondary N) is 1. The van der Waals surface area contributed by atoms with Crippen LogP contribution >= 0.6 is 0 Å². The first kappa shape index (κ1) is 10.2. The zero-order chi connectivity index (χ0) is 9.73. The number of hydrogen-bond donors (Lipinski definition) is 3. The smallest absolute Gasteiger partial charge is 0.352 e. The van der Waals surface area contributed by atoms with Crippen molar-refractivity contribution in [2.75, 3.05) is 11.5 Å². The molecule has 3 nitrogen and oxygen atoms in total. The predicted octanol–water partition coefficient (Wildman–Crippen LogP) is 1.08. The van der Waals surface area contributed by atoms with E-state index in [0.29, 0.717) is 6.04 Å². The largest absolute Gasteiger partial charge is 0.410 e. The third-order valence-electron chi connectivity index (χ3n) is 1.92. The Bertz CT molecular complexity index is 251. The fourth-order valence-electron chi connectivity index (χ4n) is 0.925. The molecule has 0 spiro atoms. The maximum Gasteiger partial charge on any atom is 0.352 e. The van der Waals surface area contributed by atoms with Crippen LogP contribution in [0.4, 0.5) is 5.69 Å². The molecule has 0 heterocycles. The topological polar surface area (TPSA) is 52.5 Å². The fraction of sp³-hybridized carbons (Fsp3) is 0.333. The summed E-state index contributed by atoms with van der Waals surface area (Å²) in [4.78, 5) is 18.8. The van der Waals surface area contributed by atoms with Gasteiger partial charge < -0.3 is 14.9 Å². The molecule has 0 aliphatic heterocycles. The first-order valence-corrected chi connectivity index (χ1v) is 6.68.